The number of halogens is 1. The highest BCUT2D eigenvalue weighted by molar-refractivity contribution is 7.13. The van der Waals surface area contributed by atoms with E-state index in [4.69, 9.17) is 0 Å². The summed E-state index contributed by atoms with van der Waals surface area (Å²) in [4.78, 5) is 19.4. The lowest BCUT2D eigenvalue weighted by atomic mass is 9.78. The number of anilines is 1. The summed E-state index contributed by atoms with van der Waals surface area (Å²) in [5, 5.41) is 6.09. The Morgan fingerprint density at radius 2 is 2.04 bits per heavy atom. The normalized spacial score (nSPS) is 21.9. The third-order valence-electron chi connectivity index (χ3n) is 5.84. The lowest BCUT2D eigenvalue weighted by Crippen LogP contribution is -2.47. The zero-order chi connectivity index (χ0) is 18.0. The molecule has 2 aliphatic rings. The van der Waals surface area contributed by atoms with Crippen LogP contribution in [-0.4, -0.2) is 30.0 Å². The number of nitrogens with zero attached hydrogens (tertiary/aromatic N) is 2. The number of hydrogen-bond donors (Lipinski definition) is 1. The first kappa shape index (κ1) is 17.5. The van der Waals surface area contributed by atoms with Gasteiger partial charge in [0.2, 0.25) is 5.91 Å². The van der Waals surface area contributed by atoms with Crippen molar-refractivity contribution in [1.29, 1.82) is 0 Å². The van der Waals surface area contributed by atoms with E-state index < -0.39 is 0 Å². The molecule has 26 heavy (non-hydrogen) atoms. The van der Waals surface area contributed by atoms with Crippen LogP contribution in [-0.2, 0) is 10.2 Å². The van der Waals surface area contributed by atoms with Gasteiger partial charge in [-0.2, -0.15) is 0 Å². The SMILES string of the molecule is O=C(NCC1(c2ccc(F)cc2)CCCC1)C1CCCN1c1nccs1. The van der Waals surface area contributed by atoms with Crippen molar-refractivity contribution in [3.8, 4) is 0 Å². The topological polar surface area (TPSA) is 45.2 Å². The quantitative estimate of drug-likeness (QED) is 0.865. The molecule has 1 unspecified atom stereocenters. The van der Waals surface area contributed by atoms with E-state index in [1.54, 1.807) is 17.5 Å². The molecule has 1 aliphatic carbocycles. The van der Waals surface area contributed by atoms with Gasteiger partial charge < -0.3 is 10.2 Å². The minimum atomic E-state index is -0.212. The Kier molecular flexibility index (Phi) is 4.94. The molecule has 1 N–H and O–H groups in total. The van der Waals surface area contributed by atoms with E-state index in [-0.39, 0.29) is 23.2 Å². The van der Waals surface area contributed by atoms with Crippen LogP contribution < -0.4 is 10.2 Å². The number of carbonyl (C=O) groups excluding carboxylic acids is 1. The zero-order valence-corrected chi connectivity index (χ0v) is 15.6. The van der Waals surface area contributed by atoms with Crippen molar-refractivity contribution in [2.45, 2.75) is 50.0 Å². The number of aromatic nitrogens is 1. The Hall–Kier alpha value is -1.95. The number of hydrogen-bond acceptors (Lipinski definition) is 4. The largest absolute Gasteiger partial charge is 0.353 e. The fourth-order valence-electron chi connectivity index (χ4n) is 4.42. The van der Waals surface area contributed by atoms with E-state index in [1.807, 2.05) is 17.5 Å². The monoisotopic (exact) mass is 373 g/mol. The maximum atomic E-state index is 13.3. The van der Waals surface area contributed by atoms with Gasteiger partial charge in [-0.05, 0) is 43.4 Å². The molecule has 1 saturated carbocycles. The summed E-state index contributed by atoms with van der Waals surface area (Å²) >= 11 is 1.58. The van der Waals surface area contributed by atoms with Crippen LogP contribution >= 0.6 is 11.3 Å². The maximum Gasteiger partial charge on any atom is 0.242 e. The predicted octanol–water partition coefficient (Wildman–Crippen LogP) is 3.88. The van der Waals surface area contributed by atoms with Crippen LogP contribution in [0.25, 0.3) is 0 Å². The number of thiazole rings is 1. The van der Waals surface area contributed by atoms with Crippen molar-refractivity contribution in [2.24, 2.45) is 0 Å². The molecule has 0 radical (unpaired) electrons. The molecule has 1 aliphatic heterocycles. The van der Waals surface area contributed by atoms with Crippen molar-refractivity contribution in [3.63, 3.8) is 0 Å². The zero-order valence-electron chi connectivity index (χ0n) is 14.8. The average molecular weight is 373 g/mol. The smallest absolute Gasteiger partial charge is 0.242 e. The summed E-state index contributed by atoms with van der Waals surface area (Å²) in [7, 11) is 0. The molecular weight excluding hydrogens is 349 g/mol. The van der Waals surface area contributed by atoms with Gasteiger partial charge in [0.1, 0.15) is 11.9 Å². The summed E-state index contributed by atoms with van der Waals surface area (Å²) < 4.78 is 13.3. The molecule has 4 rings (SSSR count). The molecule has 1 atom stereocenters. The second-order valence-corrected chi connectivity index (χ2v) is 8.25. The van der Waals surface area contributed by atoms with E-state index in [1.165, 1.54) is 12.1 Å². The van der Waals surface area contributed by atoms with Crippen molar-refractivity contribution in [1.82, 2.24) is 10.3 Å². The van der Waals surface area contributed by atoms with Crippen molar-refractivity contribution in [2.75, 3.05) is 18.0 Å². The predicted molar refractivity (Wildman–Crippen MR) is 102 cm³/mol. The van der Waals surface area contributed by atoms with E-state index in [9.17, 15) is 9.18 Å². The number of benzene rings is 1. The van der Waals surface area contributed by atoms with Gasteiger partial charge in [-0.25, -0.2) is 9.37 Å². The van der Waals surface area contributed by atoms with E-state index in [0.29, 0.717) is 6.54 Å². The third kappa shape index (κ3) is 3.34. The fraction of sp³-hybridized carbons (Fsp3) is 0.500. The standard InChI is InChI=1S/C20H24FN3OS/c21-16-7-5-15(6-8-16)20(9-1-2-10-20)14-23-18(25)17-4-3-12-24(17)19-22-11-13-26-19/h5-8,11,13,17H,1-4,9-10,12,14H2,(H,23,25). The van der Waals surface area contributed by atoms with Crippen molar-refractivity contribution < 1.29 is 9.18 Å². The minimum absolute atomic E-state index is 0.0615. The second kappa shape index (κ2) is 7.35. The second-order valence-electron chi connectivity index (χ2n) is 7.38. The lowest BCUT2D eigenvalue weighted by molar-refractivity contribution is -0.122. The summed E-state index contributed by atoms with van der Waals surface area (Å²) in [6, 6.07) is 6.68. The molecule has 138 valence electrons. The number of carbonyl (C=O) groups is 1. The van der Waals surface area contributed by atoms with Gasteiger partial charge in [-0.15, -0.1) is 11.3 Å². The highest BCUT2D eigenvalue weighted by Crippen LogP contribution is 2.40. The molecule has 0 spiro atoms. The molecule has 1 amide bonds. The molecular formula is C20H24FN3OS. The van der Waals surface area contributed by atoms with Crippen LogP contribution in [0.3, 0.4) is 0 Å². The summed E-state index contributed by atoms with van der Waals surface area (Å²) in [6.45, 7) is 1.51. The molecule has 1 saturated heterocycles. The van der Waals surface area contributed by atoms with Crippen LogP contribution in [0.15, 0.2) is 35.8 Å². The highest BCUT2D eigenvalue weighted by Gasteiger charge is 2.38. The fourth-order valence-corrected chi connectivity index (χ4v) is 5.14. The van der Waals surface area contributed by atoms with Gasteiger partial charge in [0.05, 0.1) is 0 Å². The maximum absolute atomic E-state index is 13.3. The minimum Gasteiger partial charge on any atom is -0.353 e. The number of amides is 1. The molecule has 1 aromatic heterocycles. The summed E-state index contributed by atoms with van der Waals surface area (Å²) in [5.41, 5.74) is 1.08. The first-order valence-corrected chi connectivity index (χ1v) is 10.3. The Morgan fingerprint density at radius 3 is 2.73 bits per heavy atom. The number of rotatable bonds is 5. The van der Waals surface area contributed by atoms with Gasteiger partial charge in [0, 0.05) is 30.1 Å². The Morgan fingerprint density at radius 1 is 1.27 bits per heavy atom. The first-order valence-electron chi connectivity index (χ1n) is 9.38. The Labute approximate surface area is 157 Å². The van der Waals surface area contributed by atoms with Gasteiger partial charge in [-0.3, -0.25) is 4.79 Å². The van der Waals surface area contributed by atoms with Gasteiger partial charge in [0.25, 0.3) is 0 Å². The Balaban J connectivity index is 1.46. The number of nitrogens with one attached hydrogen (secondary N) is 1. The van der Waals surface area contributed by atoms with Crippen LogP contribution in [0.4, 0.5) is 9.52 Å². The van der Waals surface area contributed by atoms with Gasteiger partial charge in [0.15, 0.2) is 5.13 Å². The molecule has 6 heteroatoms. The van der Waals surface area contributed by atoms with Crippen LogP contribution in [0.1, 0.15) is 44.1 Å². The van der Waals surface area contributed by atoms with Crippen LogP contribution in [0.5, 0.6) is 0 Å². The van der Waals surface area contributed by atoms with Crippen molar-refractivity contribution in [3.05, 3.63) is 47.2 Å². The van der Waals surface area contributed by atoms with Gasteiger partial charge >= 0.3 is 0 Å². The van der Waals surface area contributed by atoms with Crippen LogP contribution in [0, 0.1) is 5.82 Å². The van der Waals surface area contributed by atoms with Crippen molar-refractivity contribution >= 4 is 22.4 Å². The van der Waals surface area contributed by atoms with E-state index >= 15 is 0 Å². The van der Waals surface area contributed by atoms with E-state index in [2.05, 4.69) is 15.2 Å². The Bertz CT molecular complexity index is 741. The van der Waals surface area contributed by atoms with Crippen LogP contribution in [0.2, 0.25) is 0 Å². The molecule has 2 heterocycles. The molecule has 0 bridgehead atoms. The first-order chi connectivity index (χ1) is 12.7. The highest BCUT2D eigenvalue weighted by atomic mass is 32.1. The lowest BCUT2D eigenvalue weighted by Gasteiger charge is -2.31. The molecule has 2 aromatic rings. The van der Waals surface area contributed by atoms with E-state index in [0.717, 1.165) is 55.8 Å². The summed E-state index contributed by atoms with van der Waals surface area (Å²) in [6.07, 6.45) is 8.06. The molecule has 2 fully saturated rings. The average Bonchev–Trinajstić information content (AvgIpc) is 3.41. The van der Waals surface area contributed by atoms with Gasteiger partial charge in [-0.1, -0.05) is 25.0 Å². The molecule has 1 aromatic carbocycles. The molecule has 4 nitrogen and oxygen atoms in total. The summed E-state index contributed by atoms with van der Waals surface area (Å²) in [5.74, 6) is -0.123. The third-order valence-corrected chi connectivity index (χ3v) is 6.65.